The van der Waals surface area contributed by atoms with E-state index in [9.17, 15) is 4.79 Å². The van der Waals surface area contributed by atoms with Crippen LogP contribution in [-0.2, 0) is 4.79 Å². The second-order valence-corrected chi connectivity index (χ2v) is 5.27. The second kappa shape index (κ2) is 5.91. The Bertz CT molecular complexity index is 488. The van der Waals surface area contributed by atoms with E-state index in [1.54, 1.807) is 6.08 Å². The van der Waals surface area contributed by atoms with Crippen LogP contribution in [-0.4, -0.2) is 24.2 Å². The zero-order valence-electron chi connectivity index (χ0n) is 11.6. The van der Waals surface area contributed by atoms with Crippen molar-refractivity contribution in [1.82, 2.24) is 0 Å². The number of carboxylic acids is 1. The largest absolute Gasteiger partial charge is 0.478 e. The lowest BCUT2D eigenvalue weighted by Crippen LogP contribution is -2.29. The normalized spacial score (nSPS) is 16.1. The van der Waals surface area contributed by atoms with E-state index in [1.807, 2.05) is 12.1 Å². The number of rotatable bonds is 4. The lowest BCUT2D eigenvalue weighted by Gasteiger charge is -2.28. The van der Waals surface area contributed by atoms with Crippen molar-refractivity contribution in [2.75, 3.05) is 11.9 Å². The van der Waals surface area contributed by atoms with Crippen LogP contribution in [0.15, 0.2) is 24.3 Å². The molecule has 0 amide bonds. The van der Waals surface area contributed by atoms with Gasteiger partial charge >= 0.3 is 5.97 Å². The SMILES string of the molecule is Cc1cc(C=CC(=O)O)ccc1N(C)C1CCCC1. The first-order valence-electron chi connectivity index (χ1n) is 6.82. The molecule has 1 aliphatic carbocycles. The van der Waals surface area contributed by atoms with Gasteiger partial charge in [-0.05, 0) is 49.1 Å². The number of anilines is 1. The summed E-state index contributed by atoms with van der Waals surface area (Å²) in [6.45, 7) is 2.08. The Labute approximate surface area is 114 Å². The summed E-state index contributed by atoms with van der Waals surface area (Å²) in [5.74, 6) is -0.912. The van der Waals surface area contributed by atoms with E-state index >= 15 is 0 Å². The molecule has 1 N–H and O–H groups in total. The van der Waals surface area contributed by atoms with Gasteiger partial charge in [-0.3, -0.25) is 0 Å². The van der Waals surface area contributed by atoms with Gasteiger partial charge in [-0.15, -0.1) is 0 Å². The van der Waals surface area contributed by atoms with Gasteiger partial charge in [0.15, 0.2) is 0 Å². The predicted octanol–water partition coefficient (Wildman–Crippen LogP) is 3.47. The summed E-state index contributed by atoms with van der Waals surface area (Å²) in [4.78, 5) is 12.9. The number of benzene rings is 1. The van der Waals surface area contributed by atoms with Gasteiger partial charge in [-0.1, -0.05) is 18.9 Å². The minimum atomic E-state index is -0.912. The molecule has 0 aromatic heterocycles. The lowest BCUT2D eigenvalue weighted by atomic mass is 10.1. The van der Waals surface area contributed by atoms with Gasteiger partial charge in [0.25, 0.3) is 0 Å². The predicted molar refractivity (Wildman–Crippen MR) is 78.5 cm³/mol. The van der Waals surface area contributed by atoms with Crippen LogP contribution >= 0.6 is 0 Å². The van der Waals surface area contributed by atoms with Crippen molar-refractivity contribution in [3.05, 3.63) is 35.4 Å². The van der Waals surface area contributed by atoms with Crippen LogP contribution in [0, 0.1) is 6.92 Å². The molecule has 0 atom stereocenters. The Morgan fingerprint density at radius 3 is 2.63 bits per heavy atom. The van der Waals surface area contributed by atoms with Crippen LogP contribution in [0.5, 0.6) is 0 Å². The zero-order chi connectivity index (χ0) is 13.8. The monoisotopic (exact) mass is 259 g/mol. The Kier molecular flexibility index (Phi) is 4.25. The molecule has 2 rings (SSSR count). The summed E-state index contributed by atoms with van der Waals surface area (Å²) < 4.78 is 0. The number of carboxylic acid groups (broad SMARTS) is 1. The van der Waals surface area contributed by atoms with E-state index in [1.165, 1.54) is 43.0 Å². The summed E-state index contributed by atoms with van der Waals surface area (Å²) in [5.41, 5.74) is 3.38. The Morgan fingerprint density at radius 2 is 2.05 bits per heavy atom. The van der Waals surface area contributed by atoms with Gasteiger partial charge in [0.2, 0.25) is 0 Å². The maximum atomic E-state index is 10.5. The van der Waals surface area contributed by atoms with E-state index in [4.69, 9.17) is 5.11 Å². The molecule has 1 fully saturated rings. The van der Waals surface area contributed by atoms with Gasteiger partial charge in [0.1, 0.15) is 0 Å². The third-order valence-electron chi connectivity index (χ3n) is 3.89. The average molecular weight is 259 g/mol. The van der Waals surface area contributed by atoms with Crippen molar-refractivity contribution in [2.45, 2.75) is 38.6 Å². The lowest BCUT2D eigenvalue weighted by molar-refractivity contribution is -0.131. The molecule has 1 aliphatic rings. The molecule has 102 valence electrons. The number of carbonyl (C=O) groups is 1. The van der Waals surface area contributed by atoms with Gasteiger partial charge in [-0.25, -0.2) is 4.79 Å². The van der Waals surface area contributed by atoms with E-state index in [0.717, 1.165) is 5.56 Å². The zero-order valence-corrected chi connectivity index (χ0v) is 11.6. The molecule has 3 heteroatoms. The molecule has 0 heterocycles. The summed E-state index contributed by atoms with van der Waals surface area (Å²) in [7, 11) is 2.16. The van der Waals surface area contributed by atoms with Crippen LogP contribution in [0.1, 0.15) is 36.8 Å². The number of hydrogen-bond donors (Lipinski definition) is 1. The van der Waals surface area contributed by atoms with Gasteiger partial charge in [0, 0.05) is 24.9 Å². The molecule has 1 aromatic rings. The van der Waals surface area contributed by atoms with Crippen LogP contribution in [0.3, 0.4) is 0 Å². The number of aryl methyl sites for hydroxylation is 1. The van der Waals surface area contributed by atoms with Gasteiger partial charge in [0.05, 0.1) is 0 Å². The molecular weight excluding hydrogens is 238 g/mol. The third kappa shape index (κ3) is 3.37. The smallest absolute Gasteiger partial charge is 0.328 e. The Hall–Kier alpha value is -1.77. The topological polar surface area (TPSA) is 40.5 Å². The molecule has 0 spiro atoms. The summed E-state index contributed by atoms with van der Waals surface area (Å²) in [6, 6.07) is 6.77. The van der Waals surface area contributed by atoms with Crippen molar-refractivity contribution in [1.29, 1.82) is 0 Å². The first-order chi connectivity index (χ1) is 9.08. The molecule has 0 bridgehead atoms. The Balaban J connectivity index is 2.16. The highest BCUT2D eigenvalue weighted by atomic mass is 16.4. The van der Waals surface area contributed by atoms with Crippen LogP contribution in [0.2, 0.25) is 0 Å². The molecule has 3 nitrogen and oxygen atoms in total. The number of nitrogens with zero attached hydrogens (tertiary/aromatic N) is 1. The van der Waals surface area contributed by atoms with E-state index in [2.05, 4.69) is 24.9 Å². The van der Waals surface area contributed by atoms with Crippen molar-refractivity contribution in [3.8, 4) is 0 Å². The maximum absolute atomic E-state index is 10.5. The summed E-state index contributed by atoms with van der Waals surface area (Å²) >= 11 is 0. The van der Waals surface area contributed by atoms with Gasteiger partial charge in [-0.2, -0.15) is 0 Å². The highest BCUT2D eigenvalue weighted by Crippen LogP contribution is 2.29. The first kappa shape index (κ1) is 13.7. The molecule has 19 heavy (non-hydrogen) atoms. The molecule has 1 saturated carbocycles. The highest BCUT2D eigenvalue weighted by Gasteiger charge is 2.20. The summed E-state index contributed by atoms with van der Waals surface area (Å²) in [6.07, 6.45) is 8.01. The highest BCUT2D eigenvalue weighted by molar-refractivity contribution is 5.85. The van der Waals surface area contributed by atoms with Gasteiger partial charge < -0.3 is 10.0 Å². The van der Waals surface area contributed by atoms with Crippen molar-refractivity contribution in [3.63, 3.8) is 0 Å². The fourth-order valence-corrected chi connectivity index (χ4v) is 2.83. The van der Waals surface area contributed by atoms with Crippen LogP contribution in [0.4, 0.5) is 5.69 Å². The molecule has 0 saturated heterocycles. The number of hydrogen-bond acceptors (Lipinski definition) is 2. The Morgan fingerprint density at radius 1 is 1.37 bits per heavy atom. The van der Waals surface area contributed by atoms with Crippen molar-refractivity contribution >= 4 is 17.7 Å². The van der Waals surface area contributed by atoms with E-state index in [0.29, 0.717) is 6.04 Å². The third-order valence-corrected chi connectivity index (χ3v) is 3.89. The standard InChI is InChI=1S/C16H21NO2/c1-12-11-13(8-10-16(18)19)7-9-15(12)17(2)14-5-3-4-6-14/h7-11,14H,3-6H2,1-2H3,(H,18,19). The van der Waals surface area contributed by atoms with E-state index < -0.39 is 5.97 Å². The maximum Gasteiger partial charge on any atom is 0.328 e. The van der Waals surface area contributed by atoms with Crippen LogP contribution < -0.4 is 4.90 Å². The van der Waals surface area contributed by atoms with E-state index in [-0.39, 0.29) is 0 Å². The number of aliphatic carboxylic acids is 1. The molecular formula is C16H21NO2. The summed E-state index contributed by atoms with van der Waals surface area (Å²) in [5, 5.41) is 8.64. The van der Waals surface area contributed by atoms with Crippen molar-refractivity contribution < 1.29 is 9.90 Å². The minimum Gasteiger partial charge on any atom is -0.478 e. The fourth-order valence-electron chi connectivity index (χ4n) is 2.83. The molecule has 1 aromatic carbocycles. The second-order valence-electron chi connectivity index (χ2n) is 5.27. The molecule has 0 unspecified atom stereocenters. The minimum absolute atomic E-state index is 0.652. The molecule has 0 aliphatic heterocycles. The average Bonchev–Trinajstić information content (AvgIpc) is 2.89. The quantitative estimate of drug-likeness (QED) is 0.842. The van der Waals surface area contributed by atoms with Crippen LogP contribution in [0.25, 0.3) is 6.08 Å². The molecule has 0 radical (unpaired) electrons. The first-order valence-corrected chi connectivity index (χ1v) is 6.82. The fraction of sp³-hybridized carbons (Fsp3) is 0.438. The van der Waals surface area contributed by atoms with Crippen molar-refractivity contribution in [2.24, 2.45) is 0 Å².